The third-order valence-corrected chi connectivity index (χ3v) is 2.68. The molecular weight excluding hydrogens is 226 g/mol. The summed E-state index contributed by atoms with van der Waals surface area (Å²) in [5.74, 6) is -0.0127. The van der Waals surface area contributed by atoms with Gasteiger partial charge < -0.3 is 0 Å². The summed E-state index contributed by atoms with van der Waals surface area (Å²) in [6, 6.07) is 7.88. The Hall–Kier alpha value is -1.84. The molecule has 0 fully saturated rings. The molecule has 1 aromatic carbocycles. The molecule has 0 saturated carbocycles. The first kappa shape index (κ1) is 14.2. The van der Waals surface area contributed by atoms with Crippen LogP contribution in [0.5, 0.6) is 0 Å². The Labute approximate surface area is 108 Å². The Kier molecular flexibility index (Phi) is 5.91. The van der Waals surface area contributed by atoms with Gasteiger partial charge in [0.15, 0.2) is 0 Å². The monoisotopic (exact) mass is 247 g/mol. The van der Waals surface area contributed by atoms with E-state index in [2.05, 4.69) is 17.8 Å². The van der Waals surface area contributed by atoms with Gasteiger partial charge in [-0.1, -0.05) is 44.0 Å². The molecule has 98 valence electrons. The summed E-state index contributed by atoms with van der Waals surface area (Å²) in [6.07, 6.45) is 4.77. The van der Waals surface area contributed by atoms with Gasteiger partial charge in [-0.2, -0.15) is 0 Å². The van der Waals surface area contributed by atoms with Gasteiger partial charge in [-0.15, -0.1) is 0 Å². The number of amidine groups is 1. The second kappa shape index (κ2) is 7.48. The van der Waals surface area contributed by atoms with Crippen LogP contribution in [0, 0.1) is 5.41 Å². The Balaban J connectivity index is 2.48. The van der Waals surface area contributed by atoms with Crippen molar-refractivity contribution >= 4 is 11.7 Å². The zero-order chi connectivity index (χ0) is 13.4. The first-order chi connectivity index (χ1) is 8.63. The maximum absolute atomic E-state index is 10.7. The van der Waals surface area contributed by atoms with E-state index in [1.54, 1.807) is 0 Å². The van der Waals surface area contributed by atoms with Gasteiger partial charge in [0.25, 0.3) is 0 Å². The molecule has 0 spiro atoms. The number of aryl methyl sites for hydroxylation is 1. The molecular formula is C14H21N3O. The number of benzene rings is 1. The fraction of sp³-hybridized carbons (Fsp3) is 0.429. The van der Waals surface area contributed by atoms with E-state index in [0.29, 0.717) is 0 Å². The van der Waals surface area contributed by atoms with Gasteiger partial charge in [-0.05, 0) is 18.4 Å². The van der Waals surface area contributed by atoms with Crippen LogP contribution in [0.1, 0.15) is 44.2 Å². The Morgan fingerprint density at radius 2 is 1.83 bits per heavy atom. The number of nitrogens with one attached hydrogen (secondary N) is 3. The second-order valence-electron chi connectivity index (χ2n) is 4.34. The summed E-state index contributed by atoms with van der Waals surface area (Å²) < 4.78 is 0. The van der Waals surface area contributed by atoms with Crippen LogP contribution >= 0.6 is 0 Å². The van der Waals surface area contributed by atoms with Crippen molar-refractivity contribution in [3.05, 3.63) is 35.4 Å². The highest BCUT2D eigenvalue weighted by Crippen LogP contribution is 2.08. The van der Waals surface area contributed by atoms with E-state index in [0.717, 1.165) is 12.0 Å². The van der Waals surface area contributed by atoms with E-state index < -0.39 is 0 Å². The number of hydrogen-bond acceptors (Lipinski definition) is 2. The van der Waals surface area contributed by atoms with Gasteiger partial charge in [0.1, 0.15) is 5.84 Å². The second-order valence-corrected chi connectivity index (χ2v) is 4.34. The molecule has 0 atom stereocenters. The van der Waals surface area contributed by atoms with E-state index in [4.69, 9.17) is 5.41 Å². The Morgan fingerprint density at radius 1 is 1.17 bits per heavy atom. The summed E-state index contributed by atoms with van der Waals surface area (Å²) in [5, 5.41) is 7.74. The minimum Gasteiger partial charge on any atom is -0.283 e. The normalized spacial score (nSPS) is 9.89. The summed E-state index contributed by atoms with van der Waals surface area (Å²) >= 11 is 0. The van der Waals surface area contributed by atoms with Crippen LogP contribution in [0.25, 0.3) is 0 Å². The third-order valence-electron chi connectivity index (χ3n) is 2.68. The lowest BCUT2D eigenvalue weighted by atomic mass is 10.1. The molecule has 0 aliphatic carbocycles. The van der Waals surface area contributed by atoms with Crippen molar-refractivity contribution in [2.45, 2.75) is 39.5 Å². The van der Waals surface area contributed by atoms with E-state index >= 15 is 0 Å². The first-order valence-corrected chi connectivity index (χ1v) is 6.34. The van der Waals surface area contributed by atoms with Crippen molar-refractivity contribution in [3.63, 3.8) is 0 Å². The highest BCUT2D eigenvalue weighted by atomic mass is 16.2. The van der Waals surface area contributed by atoms with Crippen molar-refractivity contribution in [2.24, 2.45) is 0 Å². The standard InChI is InChI=1S/C14H21N3O/c1-3-4-5-6-12-7-9-13(10-8-12)14(15)17-16-11(2)18/h7-10H,3-6H2,1-2H3,(H2,15,17)(H,16,18). The van der Waals surface area contributed by atoms with Crippen LogP contribution in [0.15, 0.2) is 24.3 Å². The van der Waals surface area contributed by atoms with E-state index in [1.807, 2.05) is 24.3 Å². The predicted octanol–water partition coefficient (Wildman–Crippen LogP) is 2.39. The first-order valence-electron chi connectivity index (χ1n) is 6.34. The zero-order valence-corrected chi connectivity index (χ0v) is 11.0. The lowest BCUT2D eigenvalue weighted by Gasteiger charge is -2.08. The van der Waals surface area contributed by atoms with Gasteiger partial charge in [-0.25, -0.2) is 0 Å². The third kappa shape index (κ3) is 4.99. The van der Waals surface area contributed by atoms with E-state index in [-0.39, 0.29) is 11.7 Å². The van der Waals surface area contributed by atoms with Gasteiger partial charge in [0.05, 0.1) is 0 Å². The summed E-state index contributed by atoms with van der Waals surface area (Å²) in [6.45, 7) is 3.59. The van der Waals surface area contributed by atoms with Crippen molar-refractivity contribution < 1.29 is 4.79 Å². The van der Waals surface area contributed by atoms with Gasteiger partial charge >= 0.3 is 0 Å². The zero-order valence-electron chi connectivity index (χ0n) is 11.0. The van der Waals surface area contributed by atoms with Gasteiger partial charge in [0, 0.05) is 12.5 Å². The molecule has 0 aliphatic rings. The van der Waals surface area contributed by atoms with E-state index in [9.17, 15) is 4.79 Å². The molecule has 0 aromatic heterocycles. The number of rotatable bonds is 5. The van der Waals surface area contributed by atoms with Crippen molar-refractivity contribution in [3.8, 4) is 0 Å². The van der Waals surface area contributed by atoms with Crippen LogP contribution in [0.3, 0.4) is 0 Å². The summed E-state index contributed by atoms with van der Waals surface area (Å²) in [4.78, 5) is 10.7. The molecule has 0 bridgehead atoms. The number of hydrazine groups is 1. The topological polar surface area (TPSA) is 65.0 Å². The SMILES string of the molecule is CCCCCc1ccc(C(=N)NNC(C)=O)cc1. The Morgan fingerprint density at radius 3 is 2.39 bits per heavy atom. The molecule has 0 aliphatic heterocycles. The van der Waals surface area contributed by atoms with Crippen molar-refractivity contribution in [1.82, 2.24) is 10.9 Å². The molecule has 4 nitrogen and oxygen atoms in total. The van der Waals surface area contributed by atoms with Crippen LogP contribution in [-0.2, 0) is 11.2 Å². The quantitative estimate of drug-likeness (QED) is 0.324. The minimum atomic E-state index is -0.212. The van der Waals surface area contributed by atoms with Gasteiger partial charge in [0.2, 0.25) is 5.91 Å². The average Bonchev–Trinajstić information content (AvgIpc) is 2.37. The maximum Gasteiger partial charge on any atom is 0.235 e. The van der Waals surface area contributed by atoms with Crippen LogP contribution in [-0.4, -0.2) is 11.7 Å². The number of hydrogen-bond donors (Lipinski definition) is 3. The molecule has 1 rings (SSSR count). The predicted molar refractivity (Wildman–Crippen MR) is 73.5 cm³/mol. The molecule has 4 heteroatoms. The maximum atomic E-state index is 10.7. The molecule has 0 radical (unpaired) electrons. The summed E-state index contributed by atoms with van der Waals surface area (Å²) in [7, 11) is 0. The molecule has 18 heavy (non-hydrogen) atoms. The largest absolute Gasteiger partial charge is 0.283 e. The minimum absolute atomic E-state index is 0.199. The van der Waals surface area contributed by atoms with Crippen LogP contribution in [0.4, 0.5) is 0 Å². The highest BCUT2D eigenvalue weighted by Gasteiger charge is 2.01. The molecule has 0 saturated heterocycles. The fourth-order valence-electron chi connectivity index (χ4n) is 1.64. The number of carbonyl (C=O) groups excluding carboxylic acids is 1. The molecule has 1 aromatic rings. The van der Waals surface area contributed by atoms with Crippen molar-refractivity contribution in [1.29, 1.82) is 5.41 Å². The number of unbranched alkanes of at least 4 members (excludes halogenated alkanes) is 2. The fourth-order valence-corrected chi connectivity index (χ4v) is 1.64. The average molecular weight is 247 g/mol. The highest BCUT2D eigenvalue weighted by molar-refractivity contribution is 5.97. The molecule has 0 unspecified atom stereocenters. The van der Waals surface area contributed by atoms with Crippen molar-refractivity contribution in [2.75, 3.05) is 0 Å². The smallest absolute Gasteiger partial charge is 0.235 e. The lowest BCUT2D eigenvalue weighted by molar-refractivity contribution is -0.119. The number of carbonyl (C=O) groups is 1. The Bertz CT molecular complexity index is 398. The molecule has 3 N–H and O–H groups in total. The van der Waals surface area contributed by atoms with E-state index in [1.165, 1.54) is 31.7 Å². The summed E-state index contributed by atoms with van der Waals surface area (Å²) in [5.41, 5.74) is 7.00. The number of amides is 1. The lowest BCUT2D eigenvalue weighted by Crippen LogP contribution is -2.40. The van der Waals surface area contributed by atoms with Crippen LogP contribution < -0.4 is 10.9 Å². The molecule has 0 heterocycles. The van der Waals surface area contributed by atoms with Gasteiger partial charge in [-0.3, -0.25) is 21.1 Å². The van der Waals surface area contributed by atoms with Crippen LogP contribution in [0.2, 0.25) is 0 Å². The molecule has 1 amide bonds.